The van der Waals surface area contributed by atoms with Crippen LogP contribution in [0.1, 0.15) is 16.8 Å². The maximum atomic E-state index is 9.38. The Hall–Kier alpha value is -1.70. The third kappa shape index (κ3) is 3.40. The molecule has 0 saturated heterocycles. The van der Waals surface area contributed by atoms with Gasteiger partial charge in [0.2, 0.25) is 0 Å². The van der Waals surface area contributed by atoms with E-state index in [1.807, 2.05) is 10.6 Å². The minimum absolute atomic E-state index is 0.0184. The number of aliphatic hydroxyl groups excluding tert-OH is 1. The SMILES string of the molecule is C#CCSc1ncc(CO)n1Cc1cccc(C)c1. The highest BCUT2D eigenvalue weighted by molar-refractivity contribution is 7.99. The van der Waals surface area contributed by atoms with Gasteiger partial charge in [-0.3, -0.25) is 0 Å². The summed E-state index contributed by atoms with van der Waals surface area (Å²) in [6.45, 7) is 2.75. The fraction of sp³-hybridized carbons (Fsp3) is 0.267. The average Bonchev–Trinajstić information content (AvgIpc) is 2.78. The Labute approximate surface area is 117 Å². The number of terminal acetylenes is 1. The molecule has 2 rings (SSSR count). The van der Waals surface area contributed by atoms with Crippen LogP contribution in [0.15, 0.2) is 35.6 Å². The van der Waals surface area contributed by atoms with Crippen molar-refractivity contribution in [2.24, 2.45) is 0 Å². The molecule has 1 N–H and O–H groups in total. The molecule has 0 atom stereocenters. The van der Waals surface area contributed by atoms with Gasteiger partial charge in [-0.1, -0.05) is 47.5 Å². The van der Waals surface area contributed by atoms with Gasteiger partial charge < -0.3 is 9.67 Å². The van der Waals surface area contributed by atoms with Gasteiger partial charge in [-0.15, -0.1) is 6.42 Å². The van der Waals surface area contributed by atoms with Crippen molar-refractivity contribution in [3.8, 4) is 12.3 Å². The predicted octanol–water partition coefficient (Wildman–Crippen LogP) is 2.46. The van der Waals surface area contributed by atoms with E-state index < -0.39 is 0 Å². The van der Waals surface area contributed by atoms with Crippen molar-refractivity contribution < 1.29 is 5.11 Å². The van der Waals surface area contributed by atoms with Gasteiger partial charge in [0.1, 0.15) is 0 Å². The highest BCUT2D eigenvalue weighted by atomic mass is 32.2. The quantitative estimate of drug-likeness (QED) is 0.671. The standard InChI is InChI=1S/C15H16N2OS/c1-3-7-19-15-16-9-14(11-18)17(15)10-13-6-4-5-12(2)8-13/h1,4-6,8-9,18H,7,10-11H2,2H3. The van der Waals surface area contributed by atoms with E-state index in [4.69, 9.17) is 6.42 Å². The fourth-order valence-corrected chi connectivity index (χ4v) is 2.58. The Kier molecular flexibility index (Phi) is 4.67. The molecule has 4 heteroatoms. The van der Waals surface area contributed by atoms with Crippen molar-refractivity contribution in [3.63, 3.8) is 0 Å². The summed E-state index contributed by atoms with van der Waals surface area (Å²) in [6, 6.07) is 8.31. The van der Waals surface area contributed by atoms with Crippen LogP contribution < -0.4 is 0 Å². The minimum atomic E-state index is -0.0184. The lowest BCUT2D eigenvalue weighted by Gasteiger charge is -2.10. The van der Waals surface area contributed by atoms with Gasteiger partial charge in [0.25, 0.3) is 0 Å². The maximum absolute atomic E-state index is 9.38. The van der Waals surface area contributed by atoms with Crippen molar-refractivity contribution >= 4 is 11.8 Å². The molecule has 0 unspecified atom stereocenters. The molecule has 0 aliphatic carbocycles. The summed E-state index contributed by atoms with van der Waals surface area (Å²) in [7, 11) is 0. The summed E-state index contributed by atoms with van der Waals surface area (Å²) < 4.78 is 2.01. The Morgan fingerprint density at radius 1 is 1.47 bits per heavy atom. The molecular weight excluding hydrogens is 256 g/mol. The van der Waals surface area contributed by atoms with Crippen molar-refractivity contribution in [2.75, 3.05) is 5.75 Å². The number of rotatable bonds is 5. The molecule has 0 spiro atoms. The molecule has 98 valence electrons. The summed E-state index contributed by atoms with van der Waals surface area (Å²) >= 11 is 1.51. The van der Waals surface area contributed by atoms with Crippen LogP contribution in [-0.4, -0.2) is 20.4 Å². The number of hydrogen-bond acceptors (Lipinski definition) is 3. The zero-order valence-electron chi connectivity index (χ0n) is 10.8. The van der Waals surface area contributed by atoms with E-state index in [0.29, 0.717) is 12.3 Å². The second-order valence-corrected chi connectivity index (χ2v) is 5.20. The molecule has 1 heterocycles. The Morgan fingerprint density at radius 2 is 2.32 bits per heavy atom. The number of benzene rings is 1. The van der Waals surface area contributed by atoms with Crippen LogP contribution in [0.2, 0.25) is 0 Å². The summed E-state index contributed by atoms with van der Waals surface area (Å²) in [5.41, 5.74) is 3.22. The Morgan fingerprint density at radius 3 is 3.00 bits per heavy atom. The number of aliphatic hydroxyl groups is 1. The maximum Gasteiger partial charge on any atom is 0.169 e. The lowest BCUT2D eigenvalue weighted by Crippen LogP contribution is -2.06. The number of imidazole rings is 1. The average molecular weight is 272 g/mol. The molecule has 1 aromatic heterocycles. The van der Waals surface area contributed by atoms with Gasteiger partial charge in [0.05, 0.1) is 24.3 Å². The summed E-state index contributed by atoms with van der Waals surface area (Å²) in [6.07, 6.45) is 6.98. The largest absolute Gasteiger partial charge is 0.390 e. The van der Waals surface area contributed by atoms with Crippen molar-refractivity contribution in [3.05, 3.63) is 47.3 Å². The molecule has 0 aliphatic rings. The number of nitrogens with zero attached hydrogens (tertiary/aromatic N) is 2. The smallest absolute Gasteiger partial charge is 0.169 e. The van der Waals surface area contributed by atoms with Crippen molar-refractivity contribution in [1.29, 1.82) is 0 Å². The van der Waals surface area contributed by atoms with Gasteiger partial charge in [0, 0.05) is 6.54 Å². The van der Waals surface area contributed by atoms with Gasteiger partial charge in [-0.2, -0.15) is 0 Å². The molecule has 2 aromatic rings. The highest BCUT2D eigenvalue weighted by Gasteiger charge is 2.10. The molecule has 0 aliphatic heterocycles. The van der Waals surface area contributed by atoms with E-state index in [1.165, 1.54) is 22.9 Å². The van der Waals surface area contributed by atoms with E-state index in [-0.39, 0.29) is 6.61 Å². The normalized spacial score (nSPS) is 10.4. The van der Waals surface area contributed by atoms with Crippen LogP contribution in [0, 0.1) is 19.3 Å². The lowest BCUT2D eigenvalue weighted by atomic mass is 10.1. The molecular formula is C15H16N2OS. The van der Waals surface area contributed by atoms with Crippen LogP contribution in [0.3, 0.4) is 0 Å². The first-order valence-corrected chi connectivity index (χ1v) is 7.00. The second kappa shape index (κ2) is 6.46. The third-order valence-corrected chi connectivity index (χ3v) is 3.67. The number of hydrogen-bond donors (Lipinski definition) is 1. The summed E-state index contributed by atoms with van der Waals surface area (Å²) in [4.78, 5) is 4.31. The highest BCUT2D eigenvalue weighted by Crippen LogP contribution is 2.20. The number of aryl methyl sites for hydroxylation is 1. The van der Waals surface area contributed by atoms with E-state index in [9.17, 15) is 5.11 Å². The molecule has 0 amide bonds. The number of thioether (sulfide) groups is 1. The summed E-state index contributed by atoms with van der Waals surface area (Å²) in [5, 5.41) is 10.2. The van der Waals surface area contributed by atoms with Gasteiger partial charge >= 0.3 is 0 Å². The Bertz CT molecular complexity index is 598. The molecule has 0 saturated carbocycles. The van der Waals surface area contributed by atoms with Crippen molar-refractivity contribution in [2.45, 2.75) is 25.2 Å². The van der Waals surface area contributed by atoms with E-state index in [1.54, 1.807) is 6.20 Å². The second-order valence-electron chi connectivity index (χ2n) is 4.26. The lowest BCUT2D eigenvalue weighted by molar-refractivity contribution is 0.270. The molecule has 19 heavy (non-hydrogen) atoms. The monoisotopic (exact) mass is 272 g/mol. The molecule has 0 fully saturated rings. The molecule has 0 radical (unpaired) electrons. The third-order valence-electron chi connectivity index (χ3n) is 2.77. The van der Waals surface area contributed by atoms with Crippen molar-refractivity contribution in [1.82, 2.24) is 9.55 Å². The van der Waals surface area contributed by atoms with Crippen LogP contribution in [0.4, 0.5) is 0 Å². The van der Waals surface area contributed by atoms with Gasteiger partial charge in [-0.05, 0) is 12.5 Å². The van der Waals surface area contributed by atoms with Gasteiger partial charge in [-0.25, -0.2) is 4.98 Å². The Balaban J connectivity index is 2.27. The fourth-order valence-electron chi connectivity index (χ4n) is 1.90. The molecule has 0 bridgehead atoms. The molecule has 1 aromatic carbocycles. The summed E-state index contributed by atoms with van der Waals surface area (Å²) in [5.74, 6) is 3.17. The molecule has 3 nitrogen and oxygen atoms in total. The van der Waals surface area contributed by atoms with Crippen LogP contribution in [0.5, 0.6) is 0 Å². The topological polar surface area (TPSA) is 38.1 Å². The van der Waals surface area contributed by atoms with Crippen LogP contribution >= 0.6 is 11.8 Å². The van der Waals surface area contributed by atoms with Gasteiger partial charge in [0.15, 0.2) is 5.16 Å². The van der Waals surface area contributed by atoms with Crippen LogP contribution in [-0.2, 0) is 13.2 Å². The van der Waals surface area contributed by atoms with Crippen LogP contribution in [0.25, 0.3) is 0 Å². The number of aromatic nitrogens is 2. The minimum Gasteiger partial charge on any atom is -0.390 e. The van der Waals surface area contributed by atoms with E-state index in [2.05, 4.69) is 36.0 Å². The zero-order chi connectivity index (χ0) is 13.7. The van der Waals surface area contributed by atoms with E-state index in [0.717, 1.165) is 10.9 Å². The first kappa shape index (κ1) is 13.7. The van der Waals surface area contributed by atoms with E-state index >= 15 is 0 Å². The first-order valence-electron chi connectivity index (χ1n) is 6.01. The zero-order valence-corrected chi connectivity index (χ0v) is 11.7. The predicted molar refractivity (Wildman–Crippen MR) is 78.0 cm³/mol. The first-order chi connectivity index (χ1) is 9.24.